The lowest BCUT2D eigenvalue weighted by atomic mass is 10.7. The Morgan fingerprint density at radius 1 is 1.88 bits per heavy atom. The Morgan fingerprint density at radius 3 is 2.50 bits per heavy atom. The van der Waals surface area contributed by atoms with E-state index >= 15 is 0 Å². The largest absolute Gasteiger partial charge is 0.466 e. The zero-order valence-electron chi connectivity index (χ0n) is 4.13. The van der Waals surface area contributed by atoms with E-state index in [0.717, 1.165) is 7.11 Å². The fourth-order valence-corrected chi connectivity index (χ4v) is 0.229. The zero-order valence-corrected chi connectivity index (χ0v) is 4.88. The molecule has 1 atom stereocenters. The van der Waals surface area contributed by atoms with Crippen molar-refractivity contribution in [2.24, 2.45) is 5.18 Å². The van der Waals surface area contributed by atoms with Gasteiger partial charge in [0.05, 0.1) is 7.11 Å². The van der Waals surface area contributed by atoms with Crippen LogP contribution in [0.1, 0.15) is 0 Å². The molecule has 1 unspecified atom stereocenters. The first kappa shape index (κ1) is 7.36. The molecule has 0 saturated carbocycles. The topological polar surface area (TPSA) is 55.7 Å². The Hall–Kier alpha value is -0.640. The summed E-state index contributed by atoms with van der Waals surface area (Å²) in [5, 5.41) is 2.20. The third kappa shape index (κ3) is 1.88. The lowest BCUT2D eigenvalue weighted by molar-refractivity contribution is -0.140. The Balaban J connectivity index is 3.62. The number of rotatable bonds is 2. The van der Waals surface area contributed by atoms with Crippen molar-refractivity contribution in [3.63, 3.8) is 0 Å². The van der Waals surface area contributed by atoms with E-state index in [0.29, 0.717) is 0 Å². The second-order valence-corrected chi connectivity index (χ2v) is 1.38. The summed E-state index contributed by atoms with van der Waals surface area (Å²) < 4.78 is 4.04. The van der Waals surface area contributed by atoms with Crippen LogP contribution in [-0.2, 0) is 9.53 Å². The highest BCUT2D eigenvalue weighted by molar-refractivity contribution is 6.29. The first-order chi connectivity index (χ1) is 3.72. The second kappa shape index (κ2) is 3.37. The third-order valence-corrected chi connectivity index (χ3v) is 0.746. The highest BCUT2D eigenvalue weighted by Gasteiger charge is 2.14. The van der Waals surface area contributed by atoms with Crippen LogP contribution >= 0.6 is 11.6 Å². The molecule has 5 heteroatoms. The van der Waals surface area contributed by atoms with Gasteiger partial charge in [-0.2, -0.15) is 0 Å². The number of nitroso groups, excluding NO2 is 1. The number of ether oxygens (including phenoxy) is 1. The number of methoxy groups -OCH3 is 1. The second-order valence-electron chi connectivity index (χ2n) is 0.964. The van der Waals surface area contributed by atoms with Crippen molar-refractivity contribution in [2.75, 3.05) is 7.11 Å². The molecule has 46 valence electrons. The lowest BCUT2D eigenvalue weighted by Gasteiger charge is -1.93. The minimum Gasteiger partial charge on any atom is -0.466 e. The molecule has 0 aromatic carbocycles. The molecule has 0 saturated heterocycles. The van der Waals surface area contributed by atoms with Crippen molar-refractivity contribution in [1.29, 1.82) is 0 Å². The van der Waals surface area contributed by atoms with Crippen molar-refractivity contribution >= 4 is 17.6 Å². The van der Waals surface area contributed by atoms with Crippen LogP contribution in [0.3, 0.4) is 0 Å². The fourth-order valence-electron chi connectivity index (χ4n) is 0.140. The van der Waals surface area contributed by atoms with Gasteiger partial charge in [-0.05, 0) is 5.18 Å². The van der Waals surface area contributed by atoms with E-state index in [1.807, 2.05) is 0 Å². The number of halogens is 1. The van der Waals surface area contributed by atoms with E-state index in [1.54, 1.807) is 0 Å². The van der Waals surface area contributed by atoms with Crippen molar-refractivity contribution in [1.82, 2.24) is 0 Å². The molecule has 0 aliphatic heterocycles. The maximum atomic E-state index is 10.1. The third-order valence-electron chi connectivity index (χ3n) is 0.488. The van der Waals surface area contributed by atoms with Crippen LogP contribution in [0.5, 0.6) is 0 Å². The van der Waals surface area contributed by atoms with Crippen molar-refractivity contribution < 1.29 is 9.53 Å². The summed E-state index contributed by atoms with van der Waals surface area (Å²) in [6.07, 6.45) is 0. The molecule has 0 radical (unpaired) electrons. The van der Waals surface area contributed by atoms with Crippen LogP contribution in [0.15, 0.2) is 5.18 Å². The molecule has 8 heavy (non-hydrogen) atoms. The molecule has 0 aromatic heterocycles. The number of carbonyl (C=O) groups excluding carboxylic acids is 1. The van der Waals surface area contributed by atoms with Crippen molar-refractivity contribution in [2.45, 2.75) is 5.50 Å². The molecule has 0 aliphatic rings. The zero-order chi connectivity index (χ0) is 6.57. The van der Waals surface area contributed by atoms with E-state index in [-0.39, 0.29) is 0 Å². The van der Waals surface area contributed by atoms with Crippen LogP contribution in [0, 0.1) is 4.91 Å². The molecular formula is C3H4ClNO3. The van der Waals surface area contributed by atoms with E-state index in [1.165, 1.54) is 0 Å². The van der Waals surface area contributed by atoms with Gasteiger partial charge < -0.3 is 4.74 Å². The number of esters is 1. The molecule has 0 bridgehead atoms. The Bertz CT molecular complexity index is 105. The molecule has 0 spiro atoms. The van der Waals surface area contributed by atoms with Gasteiger partial charge in [0, 0.05) is 0 Å². The van der Waals surface area contributed by atoms with Crippen LogP contribution < -0.4 is 0 Å². The highest BCUT2D eigenvalue weighted by atomic mass is 35.5. The Morgan fingerprint density at radius 2 is 2.38 bits per heavy atom. The van der Waals surface area contributed by atoms with Crippen LogP contribution in [-0.4, -0.2) is 18.6 Å². The van der Waals surface area contributed by atoms with Gasteiger partial charge in [0.25, 0.3) is 5.50 Å². The maximum absolute atomic E-state index is 10.1. The summed E-state index contributed by atoms with van der Waals surface area (Å²) in [5.74, 6) is -0.832. The Kier molecular flexibility index (Phi) is 3.10. The first-order valence-electron chi connectivity index (χ1n) is 1.76. The van der Waals surface area contributed by atoms with Gasteiger partial charge in [0.2, 0.25) is 0 Å². The van der Waals surface area contributed by atoms with E-state index < -0.39 is 11.5 Å². The van der Waals surface area contributed by atoms with Gasteiger partial charge in [0.15, 0.2) is 0 Å². The molecule has 0 amide bonds. The maximum Gasteiger partial charge on any atom is 0.349 e. The summed E-state index contributed by atoms with van der Waals surface area (Å²) in [4.78, 5) is 19.5. The average Bonchev–Trinajstić information content (AvgIpc) is 1.84. The van der Waals surface area contributed by atoms with Crippen LogP contribution in [0.4, 0.5) is 0 Å². The van der Waals surface area contributed by atoms with E-state index in [9.17, 15) is 9.70 Å². The molecule has 0 fully saturated rings. The number of alkyl halides is 1. The predicted molar refractivity (Wildman–Crippen MR) is 27.5 cm³/mol. The van der Waals surface area contributed by atoms with Gasteiger partial charge in [-0.3, -0.25) is 0 Å². The number of hydrogen-bond acceptors (Lipinski definition) is 4. The molecule has 0 aromatic rings. The Labute approximate surface area is 50.7 Å². The summed E-state index contributed by atoms with van der Waals surface area (Å²) >= 11 is 4.96. The van der Waals surface area contributed by atoms with Gasteiger partial charge in [-0.1, -0.05) is 11.6 Å². The molecule has 4 nitrogen and oxygen atoms in total. The first-order valence-corrected chi connectivity index (χ1v) is 2.20. The van der Waals surface area contributed by atoms with E-state index in [2.05, 4.69) is 9.91 Å². The van der Waals surface area contributed by atoms with Crippen LogP contribution in [0.25, 0.3) is 0 Å². The SMILES string of the molecule is COC(=O)C(Cl)N=O. The van der Waals surface area contributed by atoms with E-state index in [4.69, 9.17) is 11.6 Å². The summed E-state index contributed by atoms with van der Waals surface area (Å²) in [6.45, 7) is 0. The minimum absolute atomic E-state index is 0.832. The molecular weight excluding hydrogens is 133 g/mol. The highest BCUT2D eigenvalue weighted by Crippen LogP contribution is 1.97. The predicted octanol–water partition coefficient (Wildman–Crippen LogP) is 0.491. The average molecular weight is 138 g/mol. The number of hydrogen-bond donors (Lipinski definition) is 0. The van der Waals surface area contributed by atoms with Gasteiger partial charge in [0.1, 0.15) is 0 Å². The molecule has 0 heterocycles. The summed E-state index contributed by atoms with van der Waals surface area (Å²) in [7, 11) is 1.13. The summed E-state index contributed by atoms with van der Waals surface area (Å²) in [6, 6.07) is 0. The number of nitrogens with zero attached hydrogens (tertiary/aromatic N) is 1. The minimum atomic E-state index is -1.40. The molecule has 0 rings (SSSR count). The standard InChI is InChI=1S/C3H4ClNO3/c1-8-3(6)2(4)5-7/h2H,1H3. The smallest absolute Gasteiger partial charge is 0.349 e. The van der Waals surface area contributed by atoms with Crippen molar-refractivity contribution in [3.8, 4) is 0 Å². The fraction of sp³-hybridized carbons (Fsp3) is 0.667. The van der Waals surface area contributed by atoms with Gasteiger partial charge in [-0.15, -0.1) is 4.91 Å². The molecule has 0 aliphatic carbocycles. The lowest BCUT2D eigenvalue weighted by Crippen LogP contribution is -2.12. The quantitative estimate of drug-likeness (QED) is 0.241. The number of carbonyl (C=O) groups is 1. The normalized spacial score (nSPS) is 12.2. The summed E-state index contributed by atoms with van der Waals surface area (Å²) in [5.41, 5.74) is -1.40. The van der Waals surface area contributed by atoms with Gasteiger partial charge >= 0.3 is 5.97 Å². The van der Waals surface area contributed by atoms with Crippen molar-refractivity contribution in [3.05, 3.63) is 4.91 Å². The molecule has 0 N–H and O–H groups in total. The van der Waals surface area contributed by atoms with Crippen LogP contribution in [0.2, 0.25) is 0 Å². The monoisotopic (exact) mass is 137 g/mol. The van der Waals surface area contributed by atoms with Gasteiger partial charge in [-0.25, -0.2) is 4.79 Å².